The molecule has 1 aliphatic rings. The molecule has 126 valence electrons. The van der Waals surface area contributed by atoms with Crippen molar-refractivity contribution in [1.82, 2.24) is 4.31 Å². The first-order chi connectivity index (χ1) is 10.8. The van der Waals surface area contributed by atoms with Gasteiger partial charge in [-0.2, -0.15) is 0 Å². The van der Waals surface area contributed by atoms with Crippen LogP contribution in [0.15, 0.2) is 24.3 Å². The van der Waals surface area contributed by atoms with Crippen molar-refractivity contribution in [1.29, 1.82) is 0 Å². The standard InChI is InChI=1S/C15H21N3O4S/c1-2-23(21,22)18-8-4-6-12(10-18)15(20)17-13-7-3-5-11(9-13)14(16)19/h3,5,7,9,12H,2,4,6,8,10H2,1H3,(H2,16,19)(H,17,20). The monoisotopic (exact) mass is 339 g/mol. The van der Waals surface area contributed by atoms with Crippen molar-refractivity contribution < 1.29 is 18.0 Å². The topological polar surface area (TPSA) is 110 Å². The smallest absolute Gasteiger partial charge is 0.248 e. The first-order valence-corrected chi connectivity index (χ1v) is 9.13. The van der Waals surface area contributed by atoms with Crippen LogP contribution in [0.25, 0.3) is 0 Å². The molecule has 7 nitrogen and oxygen atoms in total. The van der Waals surface area contributed by atoms with E-state index in [0.29, 0.717) is 30.6 Å². The number of piperidine rings is 1. The highest BCUT2D eigenvalue weighted by molar-refractivity contribution is 7.89. The lowest BCUT2D eigenvalue weighted by Gasteiger charge is -2.30. The third-order valence-corrected chi connectivity index (χ3v) is 5.78. The Morgan fingerprint density at radius 1 is 1.39 bits per heavy atom. The predicted octanol–water partition coefficient (Wildman–Crippen LogP) is 0.786. The second-order valence-electron chi connectivity index (χ2n) is 5.53. The minimum atomic E-state index is -3.29. The summed E-state index contributed by atoms with van der Waals surface area (Å²) in [6, 6.07) is 6.36. The predicted molar refractivity (Wildman–Crippen MR) is 87.3 cm³/mol. The lowest BCUT2D eigenvalue weighted by Crippen LogP contribution is -2.44. The number of amides is 2. The maximum atomic E-state index is 12.4. The number of nitrogens with one attached hydrogen (secondary N) is 1. The summed E-state index contributed by atoms with van der Waals surface area (Å²) in [5.74, 6) is -1.19. The quantitative estimate of drug-likeness (QED) is 0.826. The fourth-order valence-electron chi connectivity index (χ4n) is 2.59. The van der Waals surface area contributed by atoms with Gasteiger partial charge in [-0.3, -0.25) is 9.59 Å². The maximum absolute atomic E-state index is 12.4. The molecule has 0 spiro atoms. The van der Waals surface area contributed by atoms with Crippen LogP contribution in [0.2, 0.25) is 0 Å². The summed E-state index contributed by atoms with van der Waals surface area (Å²) in [4.78, 5) is 23.5. The molecule has 0 saturated carbocycles. The summed E-state index contributed by atoms with van der Waals surface area (Å²) >= 11 is 0. The molecular formula is C15H21N3O4S. The summed E-state index contributed by atoms with van der Waals surface area (Å²) in [6.07, 6.45) is 1.29. The summed E-state index contributed by atoms with van der Waals surface area (Å²) < 4.78 is 25.3. The molecule has 1 aliphatic heterocycles. The van der Waals surface area contributed by atoms with Crippen molar-refractivity contribution in [3.8, 4) is 0 Å². The van der Waals surface area contributed by atoms with E-state index in [1.54, 1.807) is 25.1 Å². The lowest BCUT2D eigenvalue weighted by atomic mass is 9.98. The van der Waals surface area contributed by atoms with Crippen molar-refractivity contribution >= 4 is 27.5 Å². The van der Waals surface area contributed by atoms with E-state index in [9.17, 15) is 18.0 Å². The van der Waals surface area contributed by atoms with E-state index >= 15 is 0 Å². The van der Waals surface area contributed by atoms with Gasteiger partial charge in [-0.15, -0.1) is 0 Å². The van der Waals surface area contributed by atoms with Gasteiger partial charge >= 0.3 is 0 Å². The van der Waals surface area contributed by atoms with Gasteiger partial charge in [0.05, 0.1) is 11.7 Å². The Bertz CT molecular complexity index is 702. The molecule has 1 unspecified atom stereocenters. The van der Waals surface area contributed by atoms with Crippen molar-refractivity contribution in [2.24, 2.45) is 11.7 Å². The van der Waals surface area contributed by atoms with Crippen molar-refractivity contribution in [3.05, 3.63) is 29.8 Å². The van der Waals surface area contributed by atoms with Crippen molar-refractivity contribution in [2.75, 3.05) is 24.2 Å². The van der Waals surface area contributed by atoms with Gasteiger partial charge in [-0.25, -0.2) is 12.7 Å². The number of rotatable bonds is 5. The molecule has 0 aromatic heterocycles. The van der Waals surface area contributed by atoms with E-state index in [-0.39, 0.29) is 18.2 Å². The van der Waals surface area contributed by atoms with Crippen molar-refractivity contribution in [3.63, 3.8) is 0 Å². The highest BCUT2D eigenvalue weighted by Crippen LogP contribution is 2.21. The number of hydrogen-bond donors (Lipinski definition) is 2. The van der Waals surface area contributed by atoms with Crippen LogP contribution in [0.5, 0.6) is 0 Å². The molecule has 1 fully saturated rings. The number of carbonyl (C=O) groups is 2. The minimum absolute atomic E-state index is 0.0298. The minimum Gasteiger partial charge on any atom is -0.366 e. The molecule has 0 radical (unpaired) electrons. The van der Waals surface area contributed by atoms with Crippen LogP contribution < -0.4 is 11.1 Å². The van der Waals surface area contributed by atoms with Gasteiger partial charge in [0.25, 0.3) is 0 Å². The number of hydrogen-bond acceptors (Lipinski definition) is 4. The van der Waals surface area contributed by atoms with Crippen molar-refractivity contribution in [2.45, 2.75) is 19.8 Å². The molecule has 1 aromatic carbocycles. The highest BCUT2D eigenvalue weighted by atomic mass is 32.2. The molecule has 23 heavy (non-hydrogen) atoms. The van der Waals surface area contributed by atoms with Gasteiger partial charge in [-0.1, -0.05) is 6.07 Å². The first kappa shape index (κ1) is 17.4. The number of benzene rings is 1. The van der Waals surface area contributed by atoms with Gasteiger partial charge < -0.3 is 11.1 Å². The van der Waals surface area contributed by atoms with Crippen LogP contribution in [0.3, 0.4) is 0 Å². The zero-order chi connectivity index (χ0) is 17.0. The Morgan fingerprint density at radius 3 is 2.78 bits per heavy atom. The van der Waals surface area contributed by atoms with E-state index in [1.165, 1.54) is 10.4 Å². The van der Waals surface area contributed by atoms with Gasteiger partial charge in [0, 0.05) is 24.3 Å². The largest absolute Gasteiger partial charge is 0.366 e. The van der Waals surface area contributed by atoms with Gasteiger partial charge in [0.1, 0.15) is 0 Å². The van der Waals surface area contributed by atoms with Crippen LogP contribution in [0, 0.1) is 5.92 Å². The average Bonchev–Trinajstić information content (AvgIpc) is 2.55. The average molecular weight is 339 g/mol. The summed E-state index contributed by atoms with van der Waals surface area (Å²) in [6.45, 7) is 2.24. The number of nitrogens with zero attached hydrogens (tertiary/aromatic N) is 1. The van der Waals surface area contributed by atoms with E-state index in [4.69, 9.17) is 5.73 Å². The third-order valence-electron chi connectivity index (χ3n) is 3.93. The summed E-state index contributed by atoms with van der Waals surface area (Å²) in [5.41, 5.74) is 5.99. The molecule has 1 atom stereocenters. The third kappa shape index (κ3) is 4.29. The van der Waals surface area contributed by atoms with Gasteiger partial charge in [0.15, 0.2) is 0 Å². The zero-order valence-electron chi connectivity index (χ0n) is 13.0. The molecule has 2 rings (SSSR count). The zero-order valence-corrected chi connectivity index (χ0v) is 13.8. The van der Waals surface area contributed by atoms with E-state index in [1.807, 2.05) is 0 Å². The Labute approximate surface area is 135 Å². The fourth-order valence-corrected chi connectivity index (χ4v) is 3.77. The van der Waals surface area contributed by atoms with Crippen LogP contribution in [-0.2, 0) is 14.8 Å². The molecule has 1 aromatic rings. The van der Waals surface area contributed by atoms with E-state index in [0.717, 1.165) is 0 Å². The Morgan fingerprint density at radius 2 is 2.13 bits per heavy atom. The Hall–Kier alpha value is -1.93. The Balaban J connectivity index is 2.06. The van der Waals surface area contributed by atoms with Crippen LogP contribution in [0.4, 0.5) is 5.69 Å². The van der Waals surface area contributed by atoms with E-state index in [2.05, 4.69) is 5.32 Å². The molecule has 1 saturated heterocycles. The van der Waals surface area contributed by atoms with Gasteiger partial charge in [-0.05, 0) is 38.0 Å². The second-order valence-corrected chi connectivity index (χ2v) is 7.79. The molecule has 8 heteroatoms. The Kier molecular flexibility index (Phi) is 5.38. The van der Waals surface area contributed by atoms with Gasteiger partial charge in [0.2, 0.25) is 21.8 Å². The highest BCUT2D eigenvalue weighted by Gasteiger charge is 2.31. The van der Waals surface area contributed by atoms with Crippen LogP contribution >= 0.6 is 0 Å². The number of nitrogens with two attached hydrogens (primary N) is 1. The molecule has 0 bridgehead atoms. The fraction of sp³-hybridized carbons (Fsp3) is 0.467. The van der Waals surface area contributed by atoms with E-state index < -0.39 is 21.8 Å². The maximum Gasteiger partial charge on any atom is 0.248 e. The summed E-state index contributed by atoms with van der Waals surface area (Å²) in [7, 11) is -3.29. The second kappa shape index (κ2) is 7.10. The van der Waals surface area contributed by atoms with Crippen LogP contribution in [0.1, 0.15) is 30.1 Å². The number of sulfonamides is 1. The molecule has 2 amide bonds. The molecular weight excluding hydrogens is 318 g/mol. The lowest BCUT2D eigenvalue weighted by molar-refractivity contribution is -0.120. The summed E-state index contributed by atoms with van der Waals surface area (Å²) in [5, 5.41) is 2.73. The normalized spacial score (nSPS) is 19.3. The molecule has 0 aliphatic carbocycles. The number of anilines is 1. The number of carbonyl (C=O) groups excluding carboxylic acids is 2. The molecule has 3 N–H and O–H groups in total. The molecule has 1 heterocycles. The SMILES string of the molecule is CCS(=O)(=O)N1CCCC(C(=O)Nc2cccc(C(N)=O)c2)C1. The van der Waals surface area contributed by atoms with Crippen LogP contribution in [-0.4, -0.2) is 43.4 Å². The first-order valence-electron chi connectivity index (χ1n) is 7.52. The number of primary amides is 1.